The first-order chi connectivity index (χ1) is 8.75. The van der Waals surface area contributed by atoms with Gasteiger partial charge in [0, 0.05) is 18.3 Å². The van der Waals surface area contributed by atoms with Gasteiger partial charge in [-0.1, -0.05) is 30.3 Å². The molecule has 1 aliphatic carbocycles. The lowest BCUT2D eigenvalue weighted by molar-refractivity contribution is 0.144. The molecular formula is C16H17NO. The molecule has 1 aromatic carbocycles. The van der Waals surface area contributed by atoms with Gasteiger partial charge in [0.25, 0.3) is 0 Å². The van der Waals surface area contributed by atoms with E-state index >= 15 is 0 Å². The lowest BCUT2D eigenvalue weighted by atomic mass is 9.91. The van der Waals surface area contributed by atoms with Gasteiger partial charge in [0.15, 0.2) is 0 Å². The molecule has 2 aromatic rings. The number of aliphatic hydroxyl groups excluding tert-OH is 1. The Morgan fingerprint density at radius 2 is 2.11 bits per heavy atom. The summed E-state index contributed by atoms with van der Waals surface area (Å²) in [6.45, 7) is 2.01. The van der Waals surface area contributed by atoms with Crippen LogP contribution in [0, 0.1) is 6.92 Å². The summed E-state index contributed by atoms with van der Waals surface area (Å²) in [5.41, 5.74) is 4.70. The van der Waals surface area contributed by atoms with Crippen molar-refractivity contribution in [1.82, 2.24) is 4.98 Å². The molecule has 2 heteroatoms. The quantitative estimate of drug-likeness (QED) is 0.873. The highest BCUT2D eigenvalue weighted by Gasteiger charge is 2.29. The number of fused-ring (bicyclic) bond motifs is 1. The number of rotatable bonds is 2. The summed E-state index contributed by atoms with van der Waals surface area (Å²) >= 11 is 0. The molecule has 1 aromatic heterocycles. The molecule has 0 radical (unpaired) electrons. The molecule has 1 aliphatic rings. The van der Waals surface area contributed by atoms with Gasteiger partial charge in [0.2, 0.25) is 0 Å². The Kier molecular flexibility index (Phi) is 2.88. The maximum Gasteiger partial charge on any atom is 0.0873 e. The number of hydrogen-bond acceptors (Lipinski definition) is 2. The van der Waals surface area contributed by atoms with Crippen LogP contribution in [0.15, 0.2) is 42.7 Å². The SMILES string of the molecule is Cc1cncc(C(O)C2CCc3ccccc32)c1. The van der Waals surface area contributed by atoms with Gasteiger partial charge in [-0.2, -0.15) is 0 Å². The van der Waals surface area contributed by atoms with Gasteiger partial charge < -0.3 is 5.11 Å². The Morgan fingerprint density at radius 3 is 2.94 bits per heavy atom. The number of pyridine rings is 1. The third-order valence-electron chi connectivity index (χ3n) is 3.80. The van der Waals surface area contributed by atoms with Crippen molar-refractivity contribution in [3.8, 4) is 0 Å². The standard InChI is InChI=1S/C16H17NO/c1-11-8-13(10-17-9-11)16(18)15-7-6-12-4-2-3-5-14(12)15/h2-5,8-10,15-16,18H,6-7H2,1H3. The van der Waals surface area contributed by atoms with Crippen molar-refractivity contribution in [3.63, 3.8) is 0 Å². The minimum Gasteiger partial charge on any atom is -0.388 e. The largest absolute Gasteiger partial charge is 0.388 e. The predicted molar refractivity (Wildman–Crippen MR) is 71.4 cm³/mol. The zero-order valence-electron chi connectivity index (χ0n) is 10.5. The molecule has 1 N–H and O–H groups in total. The van der Waals surface area contributed by atoms with E-state index in [2.05, 4.69) is 29.2 Å². The van der Waals surface area contributed by atoms with E-state index in [1.165, 1.54) is 11.1 Å². The molecule has 92 valence electrons. The first kappa shape index (κ1) is 11.4. The highest BCUT2D eigenvalue weighted by Crippen LogP contribution is 2.41. The Morgan fingerprint density at radius 1 is 1.28 bits per heavy atom. The molecular weight excluding hydrogens is 222 g/mol. The van der Waals surface area contributed by atoms with Crippen molar-refractivity contribution < 1.29 is 5.11 Å². The average molecular weight is 239 g/mol. The normalized spacial score (nSPS) is 19.6. The number of nitrogens with zero attached hydrogens (tertiary/aromatic N) is 1. The summed E-state index contributed by atoms with van der Waals surface area (Å²) in [5, 5.41) is 10.6. The van der Waals surface area contributed by atoms with Crippen LogP contribution in [-0.2, 0) is 6.42 Å². The van der Waals surface area contributed by atoms with Crippen LogP contribution in [0.1, 0.15) is 40.7 Å². The third kappa shape index (κ3) is 1.93. The van der Waals surface area contributed by atoms with E-state index in [-0.39, 0.29) is 5.92 Å². The number of aliphatic hydroxyl groups is 1. The van der Waals surface area contributed by atoms with E-state index in [4.69, 9.17) is 0 Å². The van der Waals surface area contributed by atoms with Crippen molar-refractivity contribution >= 4 is 0 Å². The number of aryl methyl sites for hydroxylation is 2. The molecule has 2 nitrogen and oxygen atoms in total. The molecule has 0 spiro atoms. The minimum absolute atomic E-state index is 0.213. The summed E-state index contributed by atoms with van der Waals surface area (Å²) < 4.78 is 0. The van der Waals surface area contributed by atoms with Crippen LogP contribution in [0.3, 0.4) is 0 Å². The summed E-state index contributed by atoms with van der Waals surface area (Å²) in [6.07, 6.45) is 5.24. The smallest absolute Gasteiger partial charge is 0.0873 e. The zero-order chi connectivity index (χ0) is 12.5. The van der Waals surface area contributed by atoms with Crippen LogP contribution in [-0.4, -0.2) is 10.1 Å². The molecule has 0 saturated heterocycles. The highest BCUT2D eigenvalue weighted by atomic mass is 16.3. The minimum atomic E-state index is -0.443. The molecule has 0 bridgehead atoms. The molecule has 2 atom stereocenters. The average Bonchev–Trinajstić information content (AvgIpc) is 2.82. The molecule has 3 rings (SSSR count). The van der Waals surface area contributed by atoms with Crippen molar-refractivity contribution in [2.24, 2.45) is 0 Å². The van der Waals surface area contributed by atoms with E-state index in [1.807, 2.05) is 19.2 Å². The Balaban J connectivity index is 1.93. The zero-order valence-corrected chi connectivity index (χ0v) is 10.5. The molecule has 0 saturated carbocycles. The van der Waals surface area contributed by atoms with Crippen LogP contribution in [0.2, 0.25) is 0 Å². The summed E-state index contributed by atoms with van der Waals surface area (Å²) in [7, 11) is 0. The van der Waals surface area contributed by atoms with Gasteiger partial charge in [-0.05, 0) is 42.0 Å². The van der Waals surface area contributed by atoms with Gasteiger partial charge in [0.1, 0.15) is 0 Å². The third-order valence-corrected chi connectivity index (χ3v) is 3.80. The van der Waals surface area contributed by atoms with E-state index in [9.17, 15) is 5.11 Å². The van der Waals surface area contributed by atoms with E-state index < -0.39 is 6.10 Å². The highest BCUT2D eigenvalue weighted by molar-refractivity contribution is 5.37. The Bertz CT molecular complexity index is 565. The monoisotopic (exact) mass is 239 g/mol. The second kappa shape index (κ2) is 4.54. The maximum atomic E-state index is 10.6. The Hall–Kier alpha value is -1.67. The van der Waals surface area contributed by atoms with E-state index in [0.717, 1.165) is 24.0 Å². The van der Waals surface area contributed by atoms with Gasteiger partial charge >= 0.3 is 0 Å². The van der Waals surface area contributed by atoms with Gasteiger partial charge in [-0.15, -0.1) is 0 Å². The Labute approximate surface area is 107 Å². The first-order valence-corrected chi connectivity index (χ1v) is 6.43. The van der Waals surface area contributed by atoms with Crippen LogP contribution < -0.4 is 0 Å². The fraction of sp³-hybridized carbons (Fsp3) is 0.312. The molecule has 0 amide bonds. The number of hydrogen-bond donors (Lipinski definition) is 1. The van der Waals surface area contributed by atoms with Gasteiger partial charge in [-0.3, -0.25) is 4.98 Å². The fourth-order valence-electron chi connectivity index (χ4n) is 2.89. The lowest BCUT2D eigenvalue weighted by Gasteiger charge is -2.19. The molecule has 18 heavy (non-hydrogen) atoms. The van der Waals surface area contributed by atoms with Crippen LogP contribution >= 0.6 is 0 Å². The van der Waals surface area contributed by atoms with Crippen molar-refractivity contribution in [2.45, 2.75) is 31.8 Å². The van der Waals surface area contributed by atoms with Crippen LogP contribution in [0.25, 0.3) is 0 Å². The van der Waals surface area contributed by atoms with Crippen LogP contribution in [0.4, 0.5) is 0 Å². The topological polar surface area (TPSA) is 33.1 Å². The summed E-state index contributed by atoms with van der Waals surface area (Å²) in [4.78, 5) is 4.17. The lowest BCUT2D eigenvalue weighted by Crippen LogP contribution is -2.08. The van der Waals surface area contributed by atoms with Crippen LogP contribution in [0.5, 0.6) is 0 Å². The van der Waals surface area contributed by atoms with Gasteiger partial charge in [0.05, 0.1) is 6.10 Å². The molecule has 2 unspecified atom stereocenters. The second-order valence-electron chi connectivity index (χ2n) is 5.08. The summed E-state index contributed by atoms with van der Waals surface area (Å²) in [5.74, 6) is 0.213. The first-order valence-electron chi connectivity index (χ1n) is 6.43. The number of benzene rings is 1. The second-order valence-corrected chi connectivity index (χ2v) is 5.08. The predicted octanol–water partition coefficient (Wildman–Crippen LogP) is 3.15. The number of aromatic nitrogens is 1. The maximum absolute atomic E-state index is 10.6. The van der Waals surface area contributed by atoms with E-state index in [0.29, 0.717) is 0 Å². The van der Waals surface area contributed by atoms with Crippen molar-refractivity contribution in [1.29, 1.82) is 0 Å². The van der Waals surface area contributed by atoms with Crippen molar-refractivity contribution in [3.05, 3.63) is 65.0 Å². The van der Waals surface area contributed by atoms with Crippen molar-refractivity contribution in [2.75, 3.05) is 0 Å². The summed E-state index contributed by atoms with van der Waals surface area (Å²) in [6, 6.07) is 10.5. The molecule has 1 heterocycles. The molecule has 0 fully saturated rings. The van der Waals surface area contributed by atoms with Gasteiger partial charge in [-0.25, -0.2) is 0 Å². The van der Waals surface area contributed by atoms with E-state index in [1.54, 1.807) is 6.20 Å². The fourth-order valence-corrected chi connectivity index (χ4v) is 2.89. The molecule has 0 aliphatic heterocycles.